The third kappa shape index (κ3) is 3.14. The van der Waals surface area contributed by atoms with Crippen LogP contribution >= 0.6 is 0 Å². The van der Waals surface area contributed by atoms with Gasteiger partial charge in [0.25, 0.3) is 5.91 Å². The lowest BCUT2D eigenvalue weighted by atomic mass is 10.1. The highest BCUT2D eigenvalue weighted by Crippen LogP contribution is 2.40. The van der Waals surface area contributed by atoms with Gasteiger partial charge in [-0.1, -0.05) is 12.1 Å². The van der Waals surface area contributed by atoms with Crippen molar-refractivity contribution in [3.8, 4) is 5.75 Å². The molecule has 0 bridgehead atoms. The Labute approximate surface area is 151 Å². The highest BCUT2D eigenvalue weighted by atomic mass is 16.3. The Morgan fingerprint density at radius 2 is 2.04 bits per heavy atom. The SMILES string of the molecule is Cc1nn(C)c2nc(C3CC3)cc(C(=O)NCCc3ccc(O)cc3)c12. The first kappa shape index (κ1) is 16.6. The average Bonchev–Trinajstić information content (AvgIpc) is 3.43. The lowest BCUT2D eigenvalue weighted by molar-refractivity contribution is 0.0955. The van der Waals surface area contributed by atoms with Gasteiger partial charge in [0.2, 0.25) is 0 Å². The van der Waals surface area contributed by atoms with Crippen LogP contribution in [-0.2, 0) is 13.5 Å². The van der Waals surface area contributed by atoms with Crippen molar-refractivity contribution in [3.05, 3.63) is 52.8 Å². The number of aromatic nitrogens is 3. The molecule has 1 aliphatic rings. The molecule has 0 spiro atoms. The summed E-state index contributed by atoms with van der Waals surface area (Å²) in [4.78, 5) is 17.6. The van der Waals surface area contributed by atoms with Crippen molar-refractivity contribution in [2.45, 2.75) is 32.1 Å². The van der Waals surface area contributed by atoms with Crippen LogP contribution < -0.4 is 5.32 Å². The zero-order chi connectivity index (χ0) is 18.3. The molecule has 2 heterocycles. The molecular formula is C20H22N4O2. The van der Waals surface area contributed by atoms with Crippen molar-refractivity contribution < 1.29 is 9.90 Å². The van der Waals surface area contributed by atoms with Crippen molar-refractivity contribution in [3.63, 3.8) is 0 Å². The Bertz CT molecular complexity index is 972. The normalized spacial score (nSPS) is 13.9. The van der Waals surface area contributed by atoms with Gasteiger partial charge in [-0.25, -0.2) is 4.98 Å². The van der Waals surface area contributed by atoms with Crippen LogP contribution in [0, 0.1) is 6.92 Å². The van der Waals surface area contributed by atoms with Gasteiger partial charge in [0.05, 0.1) is 16.6 Å². The number of phenolic OH excluding ortho intramolecular Hbond substituents is 1. The first-order valence-electron chi connectivity index (χ1n) is 8.93. The molecule has 0 aliphatic heterocycles. The second-order valence-electron chi connectivity index (χ2n) is 6.95. The molecule has 6 nitrogen and oxygen atoms in total. The molecule has 4 rings (SSSR count). The van der Waals surface area contributed by atoms with Crippen molar-refractivity contribution in [1.82, 2.24) is 20.1 Å². The fraction of sp³-hybridized carbons (Fsp3) is 0.350. The molecule has 26 heavy (non-hydrogen) atoms. The van der Waals surface area contributed by atoms with E-state index in [-0.39, 0.29) is 11.7 Å². The molecule has 3 aromatic rings. The summed E-state index contributed by atoms with van der Waals surface area (Å²) in [7, 11) is 1.87. The fourth-order valence-electron chi connectivity index (χ4n) is 3.31. The Morgan fingerprint density at radius 3 is 2.73 bits per heavy atom. The van der Waals surface area contributed by atoms with Gasteiger partial charge in [0, 0.05) is 25.2 Å². The van der Waals surface area contributed by atoms with E-state index in [1.165, 1.54) is 0 Å². The fourth-order valence-corrected chi connectivity index (χ4v) is 3.31. The number of hydrogen-bond donors (Lipinski definition) is 2. The zero-order valence-corrected chi connectivity index (χ0v) is 15.0. The van der Waals surface area contributed by atoms with E-state index in [9.17, 15) is 9.90 Å². The molecule has 2 aromatic heterocycles. The van der Waals surface area contributed by atoms with Crippen LogP contribution in [-0.4, -0.2) is 32.3 Å². The van der Waals surface area contributed by atoms with Crippen LogP contribution in [0.4, 0.5) is 0 Å². The van der Waals surface area contributed by atoms with Crippen LogP contribution in [0.3, 0.4) is 0 Å². The number of pyridine rings is 1. The maximum atomic E-state index is 12.8. The van der Waals surface area contributed by atoms with Gasteiger partial charge in [-0.05, 0) is 49.9 Å². The minimum Gasteiger partial charge on any atom is -0.508 e. The maximum Gasteiger partial charge on any atom is 0.252 e. The van der Waals surface area contributed by atoms with Crippen LogP contribution in [0.5, 0.6) is 5.75 Å². The van der Waals surface area contributed by atoms with Gasteiger partial charge in [0.1, 0.15) is 5.75 Å². The van der Waals surface area contributed by atoms with E-state index in [0.29, 0.717) is 24.4 Å². The topological polar surface area (TPSA) is 80.0 Å². The quantitative estimate of drug-likeness (QED) is 0.741. The molecule has 2 N–H and O–H groups in total. The monoisotopic (exact) mass is 350 g/mol. The summed E-state index contributed by atoms with van der Waals surface area (Å²) in [5.41, 5.74) is 4.31. The third-order valence-electron chi connectivity index (χ3n) is 4.86. The molecule has 134 valence electrons. The number of nitrogens with one attached hydrogen (secondary N) is 1. The first-order valence-corrected chi connectivity index (χ1v) is 8.93. The second kappa shape index (κ2) is 6.44. The highest BCUT2D eigenvalue weighted by Gasteiger charge is 2.28. The Kier molecular flexibility index (Phi) is 4.11. The summed E-state index contributed by atoms with van der Waals surface area (Å²) in [6.45, 7) is 2.44. The first-order chi connectivity index (χ1) is 12.5. The Hall–Kier alpha value is -2.89. The standard InChI is InChI=1S/C20H22N4O2/c1-12-18-16(11-17(14-5-6-14)22-19(18)24(2)23-12)20(26)21-10-9-13-3-7-15(25)8-4-13/h3-4,7-8,11,14,25H,5-6,9-10H2,1-2H3,(H,21,26). The van der Waals surface area contributed by atoms with Crippen molar-refractivity contribution in [1.29, 1.82) is 0 Å². The Balaban J connectivity index is 1.56. The smallest absolute Gasteiger partial charge is 0.252 e. The molecule has 1 aliphatic carbocycles. The average molecular weight is 350 g/mol. The largest absolute Gasteiger partial charge is 0.508 e. The zero-order valence-electron chi connectivity index (χ0n) is 15.0. The lowest BCUT2D eigenvalue weighted by Crippen LogP contribution is -2.26. The maximum absolute atomic E-state index is 12.8. The predicted octanol–water partition coefficient (Wildman–Crippen LogP) is 2.83. The van der Waals surface area contributed by atoms with E-state index in [4.69, 9.17) is 4.98 Å². The van der Waals surface area contributed by atoms with Crippen LogP contribution in [0.2, 0.25) is 0 Å². The summed E-state index contributed by atoms with van der Waals surface area (Å²) in [6, 6.07) is 8.98. The van der Waals surface area contributed by atoms with Crippen molar-refractivity contribution >= 4 is 16.9 Å². The number of benzene rings is 1. The summed E-state index contributed by atoms with van der Waals surface area (Å²) in [6.07, 6.45) is 2.98. The van der Waals surface area contributed by atoms with Gasteiger partial charge in [0.15, 0.2) is 5.65 Å². The molecular weight excluding hydrogens is 328 g/mol. The summed E-state index contributed by atoms with van der Waals surface area (Å²) in [5, 5.41) is 17.6. The molecule has 0 atom stereocenters. The molecule has 0 radical (unpaired) electrons. The van der Waals surface area contributed by atoms with Gasteiger partial charge in [-0.15, -0.1) is 0 Å². The molecule has 1 fully saturated rings. The second-order valence-corrected chi connectivity index (χ2v) is 6.95. The number of hydrogen-bond acceptors (Lipinski definition) is 4. The number of phenols is 1. The number of aromatic hydroxyl groups is 1. The third-order valence-corrected chi connectivity index (χ3v) is 4.86. The van der Waals surface area contributed by atoms with Crippen molar-refractivity contribution in [2.24, 2.45) is 7.05 Å². The van der Waals surface area contributed by atoms with Gasteiger partial charge < -0.3 is 10.4 Å². The molecule has 0 unspecified atom stereocenters. The summed E-state index contributed by atoms with van der Waals surface area (Å²) in [5.74, 6) is 0.629. The van der Waals surface area contributed by atoms with Gasteiger partial charge >= 0.3 is 0 Å². The molecule has 0 saturated heterocycles. The molecule has 1 aromatic carbocycles. The summed E-state index contributed by atoms with van der Waals surface area (Å²) < 4.78 is 1.75. The van der Waals surface area contributed by atoms with Crippen LogP contribution in [0.25, 0.3) is 11.0 Å². The molecule has 1 amide bonds. The van der Waals surface area contributed by atoms with E-state index in [0.717, 1.165) is 40.8 Å². The number of fused-ring (bicyclic) bond motifs is 1. The van der Waals surface area contributed by atoms with E-state index in [2.05, 4.69) is 10.4 Å². The highest BCUT2D eigenvalue weighted by molar-refractivity contribution is 6.06. The predicted molar refractivity (Wildman–Crippen MR) is 99.4 cm³/mol. The van der Waals surface area contributed by atoms with E-state index in [1.54, 1.807) is 16.8 Å². The Morgan fingerprint density at radius 1 is 1.31 bits per heavy atom. The van der Waals surface area contributed by atoms with E-state index >= 15 is 0 Å². The number of nitrogens with zero attached hydrogens (tertiary/aromatic N) is 3. The van der Waals surface area contributed by atoms with E-state index < -0.39 is 0 Å². The molecule has 6 heteroatoms. The lowest BCUT2D eigenvalue weighted by Gasteiger charge is -2.09. The van der Waals surface area contributed by atoms with Crippen molar-refractivity contribution in [2.75, 3.05) is 6.54 Å². The number of aryl methyl sites for hydroxylation is 2. The van der Waals surface area contributed by atoms with Gasteiger partial charge in [-0.3, -0.25) is 9.48 Å². The van der Waals surface area contributed by atoms with Crippen LogP contribution in [0.1, 0.15) is 46.1 Å². The number of amides is 1. The van der Waals surface area contributed by atoms with Crippen LogP contribution in [0.15, 0.2) is 30.3 Å². The number of rotatable bonds is 5. The van der Waals surface area contributed by atoms with Gasteiger partial charge in [-0.2, -0.15) is 5.10 Å². The molecule has 1 saturated carbocycles. The number of carbonyl (C=O) groups is 1. The minimum atomic E-state index is -0.0887. The summed E-state index contributed by atoms with van der Waals surface area (Å²) >= 11 is 0. The van der Waals surface area contributed by atoms with E-state index in [1.807, 2.05) is 32.2 Å². The number of carbonyl (C=O) groups excluding carboxylic acids is 1. The minimum absolute atomic E-state index is 0.0887.